The molecule has 0 spiro atoms. The Labute approximate surface area is 148 Å². The molecule has 7 nitrogen and oxygen atoms in total. The minimum atomic E-state index is -0.158. The van der Waals surface area contributed by atoms with Crippen LogP contribution in [0.2, 0.25) is 0 Å². The fourth-order valence-corrected chi connectivity index (χ4v) is 3.11. The van der Waals surface area contributed by atoms with Crippen molar-refractivity contribution in [2.75, 3.05) is 45.8 Å². The largest absolute Gasteiger partial charge is 0.497 e. The Morgan fingerprint density at radius 1 is 1.28 bits per heavy atom. The highest BCUT2D eigenvalue weighted by Crippen LogP contribution is 2.28. The first-order valence-electron chi connectivity index (χ1n) is 8.59. The predicted molar refractivity (Wildman–Crippen MR) is 93.1 cm³/mol. The number of quaternary nitrogens is 1. The molecule has 25 heavy (non-hydrogen) atoms. The maximum absolute atomic E-state index is 12.4. The minimum absolute atomic E-state index is 0.119. The number of methoxy groups -OCH3 is 2. The number of esters is 1. The Bertz CT molecular complexity index is 605. The van der Waals surface area contributed by atoms with Gasteiger partial charge in [-0.05, 0) is 31.9 Å². The number of carbonyl (C=O) groups excluding carboxylic acids is 2. The molecule has 1 saturated heterocycles. The van der Waals surface area contributed by atoms with Gasteiger partial charge in [-0.3, -0.25) is 9.59 Å². The summed E-state index contributed by atoms with van der Waals surface area (Å²) in [4.78, 5) is 25.4. The molecule has 2 rings (SSSR count). The summed E-state index contributed by atoms with van der Waals surface area (Å²) in [6.07, 6.45) is 1.74. The highest BCUT2D eigenvalue weighted by atomic mass is 16.5. The summed E-state index contributed by atoms with van der Waals surface area (Å²) in [5, 5.41) is 2.87. The highest BCUT2D eigenvalue weighted by molar-refractivity contribution is 5.93. The van der Waals surface area contributed by atoms with Gasteiger partial charge in [-0.25, -0.2) is 0 Å². The van der Waals surface area contributed by atoms with Gasteiger partial charge in [0.15, 0.2) is 6.54 Å². The van der Waals surface area contributed by atoms with Crippen molar-refractivity contribution in [3.8, 4) is 11.5 Å². The average molecular weight is 351 g/mol. The molecule has 0 aliphatic carbocycles. The first-order valence-corrected chi connectivity index (χ1v) is 8.59. The molecule has 1 aromatic rings. The molecule has 0 saturated carbocycles. The van der Waals surface area contributed by atoms with Crippen molar-refractivity contribution in [2.24, 2.45) is 5.92 Å². The van der Waals surface area contributed by atoms with Gasteiger partial charge in [0.25, 0.3) is 5.91 Å². The predicted octanol–water partition coefficient (Wildman–Crippen LogP) is 0.500. The fourth-order valence-electron chi connectivity index (χ4n) is 3.11. The first kappa shape index (κ1) is 19.1. The van der Waals surface area contributed by atoms with Crippen LogP contribution in [0.25, 0.3) is 0 Å². The summed E-state index contributed by atoms with van der Waals surface area (Å²) >= 11 is 0. The lowest BCUT2D eigenvalue weighted by Gasteiger charge is -2.28. The van der Waals surface area contributed by atoms with Crippen LogP contribution in [0.5, 0.6) is 11.5 Å². The maximum Gasteiger partial charge on any atom is 0.314 e. The van der Waals surface area contributed by atoms with E-state index in [2.05, 4.69) is 5.32 Å². The maximum atomic E-state index is 12.4. The van der Waals surface area contributed by atoms with Gasteiger partial charge < -0.3 is 24.4 Å². The second kappa shape index (κ2) is 9.27. The fraction of sp³-hybridized carbons (Fsp3) is 0.556. The minimum Gasteiger partial charge on any atom is -0.497 e. The highest BCUT2D eigenvalue weighted by Gasteiger charge is 2.30. The molecular formula is C18H27N2O5+. The van der Waals surface area contributed by atoms with Crippen molar-refractivity contribution < 1.29 is 28.7 Å². The normalized spacial score (nSPS) is 19.8. The monoisotopic (exact) mass is 351 g/mol. The summed E-state index contributed by atoms with van der Waals surface area (Å²) in [6.45, 7) is 4.00. The number of hydrogen-bond donors (Lipinski definition) is 2. The molecule has 138 valence electrons. The zero-order valence-corrected chi connectivity index (χ0v) is 15.1. The molecule has 1 aromatic carbocycles. The number of carbonyl (C=O) groups is 2. The van der Waals surface area contributed by atoms with Gasteiger partial charge in [0.2, 0.25) is 0 Å². The van der Waals surface area contributed by atoms with E-state index in [4.69, 9.17) is 14.2 Å². The molecule has 0 aromatic heterocycles. The summed E-state index contributed by atoms with van der Waals surface area (Å²) in [5.74, 6) is 0.819. The number of hydrogen-bond acceptors (Lipinski definition) is 5. The number of amides is 1. The lowest BCUT2D eigenvalue weighted by atomic mass is 9.98. The van der Waals surface area contributed by atoms with E-state index in [1.807, 2.05) is 0 Å². The van der Waals surface area contributed by atoms with Crippen LogP contribution in [0, 0.1) is 5.92 Å². The number of benzene rings is 1. The van der Waals surface area contributed by atoms with Crippen LogP contribution in [0.1, 0.15) is 19.8 Å². The van der Waals surface area contributed by atoms with Gasteiger partial charge in [-0.2, -0.15) is 0 Å². The second-order valence-corrected chi connectivity index (χ2v) is 6.09. The third kappa shape index (κ3) is 5.35. The third-order valence-electron chi connectivity index (χ3n) is 4.33. The molecule has 1 amide bonds. The molecule has 1 aliphatic heterocycles. The van der Waals surface area contributed by atoms with Crippen molar-refractivity contribution >= 4 is 17.6 Å². The van der Waals surface area contributed by atoms with Crippen LogP contribution in [0.15, 0.2) is 18.2 Å². The number of ether oxygens (including phenoxy) is 3. The lowest BCUT2D eigenvalue weighted by molar-refractivity contribution is -0.899. The molecule has 7 heteroatoms. The smallest absolute Gasteiger partial charge is 0.314 e. The summed E-state index contributed by atoms with van der Waals surface area (Å²) in [6, 6.07) is 5.25. The Balaban J connectivity index is 1.94. The number of nitrogens with one attached hydrogen (secondary N) is 2. The van der Waals surface area contributed by atoms with Gasteiger partial charge in [0.1, 0.15) is 17.4 Å². The number of rotatable bonds is 7. The van der Waals surface area contributed by atoms with E-state index in [1.165, 1.54) is 0 Å². The van der Waals surface area contributed by atoms with Crippen LogP contribution in [-0.4, -0.2) is 52.3 Å². The van der Waals surface area contributed by atoms with Crippen molar-refractivity contribution in [1.29, 1.82) is 0 Å². The van der Waals surface area contributed by atoms with Crippen LogP contribution >= 0.6 is 0 Å². The van der Waals surface area contributed by atoms with E-state index >= 15 is 0 Å². The average Bonchev–Trinajstić information content (AvgIpc) is 2.62. The van der Waals surface area contributed by atoms with E-state index < -0.39 is 0 Å². The molecule has 1 heterocycles. The molecule has 0 radical (unpaired) electrons. The number of likely N-dealkylation sites (tertiary alicyclic amines) is 1. The molecule has 1 fully saturated rings. The molecule has 0 bridgehead atoms. The number of anilines is 1. The lowest BCUT2D eigenvalue weighted by Crippen LogP contribution is -3.14. The Kier molecular flexibility index (Phi) is 7.06. The zero-order chi connectivity index (χ0) is 18.2. The third-order valence-corrected chi connectivity index (χ3v) is 4.33. The van der Waals surface area contributed by atoms with Gasteiger partial charge in [0, 0.05) is 6.07 Å². The second-order valence-electron chi connectivity index (χ2n) is 6.09. The van der Waals surface area contributed by atoms with Crippen molar-refractivity contribution in [2.45, 2.75) is 19.8 Å². The van der Waals surface area contributed by atoms with Gasteiger partial charge in [-0.1, -0.05) is 0 Å². The molecular weight excluding hydrogens is 324 g/mol. The van der Waals surface area contributed by atoms with E-state index in [0.29, 0.717) is 36.9 Å². The Morgan fingerprint density at radius 3 is 2.76 bits per heavy atom. The van der Waals surface area contributed by atoms with E-state index in [0.717, 1.165) is 24.3 Å². The standard InChI is InChI=1S/C18H26N2O5/c1-4-25-18(22)13-6-5-9-20(11-13)12-17(21)19-15-10-14(23-2)7-8-16(15)24-3/h7-8,10,13H,4-6,9,11-12H2,1-3H3,(H,19,21)/p+1/t13-/m0/s1. The topological polar surface area (TPSA) is 78.3 Å². The van der Waals surface area contributed by atoms with Crippen LogP contribution < -0.4 is 19.7 Å². The Morgan fingerprint density at radius 2 is 2.08 bits per heavy atom. The van der Waals surface area contributed by atoms with Crippen molar-refractivity contribution in [3.05, 3.63) is 18.2 Å². The molecule has 1 aliphatic rings. The van der Waals surface area contributed by atoms with Gasteiger partial charge >= 0.3 is 5.97 Å². The van der Waals surface area contributed by atoms with E-state index in [9.17, 15) is 9.59 Å². The van der Waals surface area contributed by atoms with Crippen LogP contribution in [0.4, 0.5) is 5.69 Å². The van der Waals surface area contributed by atoms with E-state index in [1.54, 1.807) is 39.3 Å². The van der Waals surface area contributed by atoms with E-state index in [-0.39, 0.29) is 17.8 Å². The van der Waals surface area contributed by atoms with Gasteiger partial charge in [-0.15, -0.1) is 0 Å². The quantitative estimate of drug-likeness (QED) is 0.700. The summed E-state index contributed by atoms with van der Waals surface area (Å²) in [7, 11) is 3.12. The summed E-state index contributed by atoms with van der Waals surface area (Å²) in [5.41, 5.74) is 0.574. The van der Waals surface area contributed by atoms with Crippen LogP contribution in [0.3, 0.4) is 0 Å². The summed E-state index contributed by atoms with van der Waals surface area (Å²) < 4.78 is 15.6. The molecule has 1 unspecified atom stereocenters. The number of piperidine rings is 1. The van der Waals surface area contributed by atoms with Crippen LogP contribution in [-0.2, 0) is 14.3 Å². The van der Waals surface area contributed by atoms with Crippen molar-refractivity contribution in [1.82, 2.24) is 0 Å². The molecule has 2 N–H and O–H groups in total. The van der Waals surface area contributed by atoms with Crippen molar-refractivity contribution in [3.63, 3.8) is 0 Å². The first-order chi connectivity index (χ1) is 12.1. The SMILES string of the molecule is CCOC(=O)[C@H]1CCC[NH+](CC(=O)Nc2cc(OC)ccc2OC)C1. The van der Waals surface area contributed by atoms with Gasteiger partial charge in [0.05, 0.1) is 39.6 Å². The Hall–Kier alpha value is -2.28. The zero-order valence-electron chi connectivity index (χ0n) is 15.1. The molecule has 2 atom stereocenters.